The molecule has 1 N–H and O–H groups in total. The van der Waals surface area contributed by atoms with Gasteiger partial charge >= 0.3 is 0 Å². The zero-order valence-corrected chi connectivity index (χ0v) is 11.4. The number of hydrogen-bond acceptors (Lipinski definition) is 3. The molecular formula is C15H24N2O. The predicted molar refractivity (Wildman–Crippen MR) is 74.2 cm³/mol. The molecule has 1 atom stereocenters. The number of likely N-dealkylation sites (tertiary alicyclic amines) is 1. The van der Waals surface area contributed by atoms with Crippen molar-refractivity contribution in [2.45, 2.75) is 39.0 Å². The van der Waals surface area contributed by atoms with Gasteiger partial charge in [0.05, 0.1) is 12.8 Å². The Morgan fingerprint density at radius 1 is 1.33 bits per heavy atom. The lowest BCUT2D eigenvalue weighted by atomic mass is 10.2. The second-order valence-corrected chi connectivity index (χ2v) is 5.49. The van der Waals surface area contributed by atoms with Crippen molar-refractivity contribution in [3.05, 3.63) is 35.9 Å². The smallest absolute Gasteiger partial charge is 0.0679 e. The van der Waals surface area contributed by atoms with Crippen LogP contribution in [0.5, 0.6) is 0 Å². The monoisotopic (exact) mass is 248 g/mol. The molecule has 1 heterocycles. The van der Waals surface area contributed by atoms with Crippen molar-refractivity contribution < 1.29 is 5.11 Å². The summed E-state index contributed by atoms with van der Waals surface area (Å²) in [5.41, 5.74) is 1.35. The molecule has 3 nitrogen and oxygen atoms in total. The van der Waals surface area contributed by atoms with Crippen LogP contribution in [0.1, 0.15) is 25.8 Å². The van der Waals surface area contributed by atoms with E-state index in [2.05, 4.69) is 54.0 Å². The molecular weight excluding hydrogens is 224 g/mol. The minimum Gasteiger partial charge on any atom is -0.392 e. The number of hydrogen-bond donors (Lipinski definition) is 1. The van der Waals surface area contributed by atoms with E-state index >= 15 is 0 Å². The molecule has 0 aromatic heterocycles. The van der Waals surface area contributed by atoms with Gasteiger partial charge in [0.15, 0.2) is 0 Å². The first-order chi connectivity index (χ1) is 8.65. The van der Waals surface area contributed by atoms with Crippen molar-refractivity contribution in [1.82, 2.24) is 9.80 Å². The Hall–Kier alpha value is -0.900. The summed E-state index contributed by atoms with van der Waals surface area (Å²) in [6.45, 7) is 8.22. The van der Waals surface area contributed by atoms with E-state index in [0.717, 1.165) is 32.7 Å². The molecule has 0 spiro atoms. The maximum absolute atomic E-state index is 9.58. The van der Waals surface area contributed by atoms with Crippen LogP contribution in [0.2, 0.25) is 0 Å². The molecule has 1 saturated heterocycles. The minimum atomic E-state index is -0.129. The van der Waals surface area contributed by atoms with Crippen molar-refractivity contribution in [3.63, 3.8) is 0 Å². The maximum atomic E-state index is 9.58. The van der Waals surface area contributed by atoms with Crippen molar-refractivity contribution in [3.8, 4) is 0 Å². The first kappa shape index (κ1) is 13.5. The zero-order chi connectivity index (χ0) is 13.0. The molecule has 3 heteroatoms. The fraction of sp³-hybridized carbons (Fsp3) is 0.600. The van der Waals surface area contributed by atoms with Crippen molar-refractivity contribution in [2.75, 3.05) is 19.8 Å². The Kier molecular flexibility index (Phi) is 4.75. The van der Waals surface area contributed by atoms with Gasteiger partial charge in [-0.3, -0.25) is 9.80 Å². The van der Waals surface area contributed by atoms with Crippen LogP contribution in [-0.2, 0) is 6.54 Å². The summed E-state index contributed by atoms with van der Waals surface area (Å²) in [4.78, 5) is 4.79. The standard InChI is InChI=1S/C15H24N2O/c1-13(2)17(10-14-6-4-3-5-7-14)12-16-9-8-15(18)11-16/h3-7,13,15,18H,8-12H2,1-2H3. The van der Waals surface area contributed by atoms with Crippen LogP contribution in [0.4, 0.5) is 0 Å². The molecule has 1 aromatic carbocycles. The first-order valence-corrected chi connectivity index (χ1v) is 6.83. The average molecular weight is 248 g/mol. The lowest BCUT2D eigenvalue weighted by Gasteiger charge is -2.31. The second-order valence-electron chi connectivity index (χ2n) is 5.49. The highest BCUT2D eigenvalue weighted by atomic mass is 16.3. The summed E-state index contributed by atoms with van der Waals surface area (Å²) in [5, 5.41) is 9.58. The molecule has 100 valence electrons. The van der Waals surface area contributed by atoms with Crippen LogP contribution >= 0.6 is 0 Å². The summed E-state index contributed by atoms with van der Waals surface area (Å²) < 4.78 is 0. The largest absolute Gasteiger partial charge is 0.392 e. The topological polar surface area (TPSA) is 26.7 Å². The Labute approximate surface area is 110 Å². The fourth-order valence-electron chi connectivity index (χ4n) is 2.41. The summed E-state index contributed by atoms with van der Waals surface area (Å²) in [7, 11) is 0. The van der Waals surface area contributed by atoms with Crippen molar-refractivity contribution in [2.24, 2.45) is 0 Å². The molecule has 1 aliphatic rings. The van der Waals surface area contributed by atoms with Gasteiger partial charge in [-0.05, 0) is 25.8 Å². The lowest BCUT2D eigenvalue weighted by molar-refractivity contribution is 0.100. The highest BCUT2D eigenvalue weighted by Gasteiger charge is 2.22. The van der Waals surface area contributed by atoms with Gasteiger partial charge in [-0.1, -0.05) is 30.3 Å². The Morgan fingerprint density at radius 2 is 2.06 bits per heavy atom. The molecule has 18 heavy (non-hydrogen) atoms. The molecule has 1 aliphatic heterocycles. The molecule has 0 radical (unpaired) electrons. The van der Waals surface area contributed by atoms with Crippen LogP contribution in [-0.4, -0.2) is 46.8 Å². The van der Waals surface area contributed by atoms with Crippen LogP contribution in [0.15, 0.2) is 30.3 Å². The predicted octanol–water partition coefficient (Wildman–Crippen LogP) is 1.92. The van der Waals surface area contributed by atoms with Crippen LogP contribution in [0.25, 0.3) is 0 Å². The Bertz CT molecular complexity index is 353. The minimum absolute atomic E-state index is 0.129. The van der Waals surface area contributed by atoms with Gasteiger partial charge in [-0.15, -0.1) is 0 Å². The van der Waals surface area contributed by atoms with Gasteiger partial charge in [0.2, 0.25) is 0 Å². The molecule has 0 saturated carbocycles. The molecule has 1 unspecified atom stereocenters. The van der Waals surface area contributed by atoms with E-state index in [9.17, 15) is 5.11 Å². The average Bonchev–Trinajstić information content (AvgIpc) is 2.75. The number of benzene rings is 1. The Balaban J connectivity index is 1.92. The van der Waals surface area contributed by atoms with E-state index in [1.807, 2.05) is 0 Å². The van der Waals surface area contributed by atoms with Gasteiger partial charge in [-0.2, -0.15) is 0 Å². The lowest BCUT2D eigenvalue weighted by Crippen LogP contribution is -2.40. The third-order valence-electron chi connectivity index (χ3n) is 3.59. The molecule has 1 aromatic rings. The molecule has 0 bridgehead atoms. The maximum Gasteiger partial charge on any atom is 0.0679 e. The van der Waals surface area contributed by atoms with Crippen molar-refractivity contribution in [1.29, 1.82) is 0 Å². The van der Waals surface area contributed by atoms with Gasteiger partial charge in [-0.25, -0.2) is 0 Å². The summed E-state index contributed by atoms with van der Waals surface area (Å²) >= 11 is 0. The molecule has 1 fully saturated rings. The molecule has 2 rings (SSSR count). The highest BCUT2D eigenvalue weighted by Crippen LogP contribution is 2.13. The van der Waals surface area contributed by atoms with Crippen LogP contribution < -0.4 is 0 Å². The van der Waals surface area contributed by atoms with E-state index in [1.165, 1.54) is 5.56 Å². The van der Waals surface area contributed by atoms with E-state index < -0.39 is 0 Å². The van der Waals surface area contributed by atoms with Crippen molar-refractivity contribution >= 4 is 0 Å². The van der Waals surface area contributed by atoms with E-state index in [0.29, 0.717) is 6.04 Å². The summed E-state index contributed by atoms with van der Waals surface area (Å²) in [5.74, 6) is 0. The van der Waals surface area contributed by atoms with E-state index in [1.54, 1.807) is 0 Å². The fourth-order valence-corrected chi connectivity index (χ4v) is 2.41. The number of aliphatic hydroxyl groups is 1. The first-order valence-electron chi connectivity index (χ1n) is 6.83. The third-order valence-corrected chi connectivity index (χ3v) is 3.59. The number of nitrogens with zero attached hydrogens (tertiary/aromatic N) is 2. The SMILES string of the molecule is CC(C)N(Cc1ccccc1)CN1CCC(O)C1. The molecule has 0 aliphatic carbocycles. The van der Waals surface area contributed by atoms with E-state index in [-0.39, 0.29) is 6.10 Å². The van der Waals surface area contributed by atoms with Gasteiger partial charge in [0, 0.05) is 25.7 Å². The summed E-state index contributed by atoms with van der Waals surface area (Å²) in [6.07, 6.45) is 0.785. The highest BCUT2D eigenvalue weighted by molar-refractivity contribution is 5.14. The van der Waals surface area contributed by atoms with Crippen LogP contribution in [0.3, 0.4) is 0 Å². The number of rotatable bonds is 5. The van der Waals surface area contributed by atoms with E-state index in [4.69, 9.17) is 0 Å². The summed E-state index contributed by atoms with van der Waals surface area (Å²) in [6, 6.07) is 11.1. The van der Waals surface area contributed by atoms with Gasteiger partial charge < -0.3 is 5.11 Å². The number of β-amino-alcohol motifs (C(OH)–C–C–N with tert-alkyl or cyclic N) is 1. The number of aliphatic hydroxyl groups excluding tert-OH is 1. The van der Waals surface area contributed by atoms with Gasteiger partial charge in [0.25, 0.3) is 0 Å². The molecule has 0 amide bonds. The third kappa shape index (κ3) is 3.80. The van der Waals surface area contributed by atoms with Crippen LogP contribution in [0, 0.1) is 0 Å². The van der Waals surface area contributed by atoms with Gasteiger partial charge in [0.1, 0.15) is 0 Å². The Morgan fingerprint density at radius 3 is 2.61 bits per heavy atom. The normalized spacial score (nSPS) is 21.1. The zero-order valence-electron chi connectivity index (χ0n) is 11.4. The second kappa shape index (κ2) is 6.32. The quantitative estimate of drug-likeness (QED) is 0.862.